The van der Waals surface area contributed by atoms with Crippen LogP contribution < -0.4 is 5.32 Å². The van der Waals surface area contributed by atoms with E-state index < -0.39 is 17.7 Å². The van der Waals surface area contributed by atoms with E-state index in [1.54, 1.807) is 30.6 Å². The molecule has 0 atom stereocenters. The van der Waals surface area contributed by atoms with Crippen LogP contribution in [0.2, 0.25) is 0 Å². The predicted molar refractivity (Wildman–Crippen MR) is 70.3 cm³/mol. The molecule has 1 saturated heterocycles. The van der Waals surface area contributed by atoms with E-state index in [0.717, 1.165) is 5.56 Å². The van der Waals surface area contributed by atoms with Crippen LogP contribution in [0.15, 0.2) is 30.6 Å². The Morgan fingerprint density at radius 2 is 1.90 bits per heavy atom. The fourth-order valence-electron chi connectivity index (χ4n) is 2.12. The van der Waals surface area contributed by atoms with Crippen molar-refractivity contribution in [2.75, 3.05) is 13.1 Å². The molecule has 0 unspecified atom stereocenters. The van der Waals surface area contributed by atoms with E-state index in [0.29, 0.717) is 25.9 Å². The Morgan fingerprint density at radius 3 is 2.48 bits per heavy atom. The van der Waals surface area contributed by atoms with Gasteiger partial charge in [0.2, 0.25) is 0 Å². The van der Waals surface area contributed by atoms with Crippen molar-refractivity contribution in [1.82, 2.24) is 10.3 Å². The molecule has 1 aliphatic rings. The van der Waals surface area contributed by atoms with Crippen LogP contribution >= 0.6 is 0 Å². The van der Waals surface area contributed by atoms with Crippen molar-refractivity contribution >= 4 is 12.0 Å². The van der Waals surface area contributed by atoms with Gasteiger partial charge in [-0.2, -0.15) is 13.2 Å². The van der Waals surface area contributed by atoms with E-state index in [2.05, 4.69) is 10.3 Å². The second kappa shape index (κ2) is 6.26. The maximum absolute atomic E-state index is 12.4. The number of piperidine rings is 1. The molecule has 0 amide bonds. The molecule has 0 bridgehead atoms. The lowest BCUT2D eigenvalue weighted by atomic mass is 9.91. The first-order valence-electron chi connectivity index (χ1n) is 6.51. The third-order valence-electron chi connectivity index (χ3n) is 3.26. The Balaban J connectivity index is 2.17. The van der Waals surface area contributed by atoms with Gasteiger partial charge in [0.1, 0.15) is 5.60 Å². The molecule has 1 aliphatic heterocycles. The standard InChI is InChI=1S/C14H15F3N2O2/c15-14(16,17)12(20)21-13(5-9-19-10-6-13)4-1-11-2-7-18-8-3-11/h1-4,7-8,19H,5-6,9-10H2/b4-1+. The molecule has 114 valence electrons. The number of alkyl halides is 3. The van der Waals surface area contributed by atoms with Crippen molar-refractivity contribution in [3.63, 3.8) is 0 Å². The number of nitrogens with one attached hydrogen (secondary N) is 1. The number of hydrogen-bond donors (Lipinski definition) is 1. The third kappa shape index (κ3) is 4.29. The number of ether oxygens (including phenoxy) is 1. The SMILES string of the molecule is O=C(OC1(/C=C/c2ccncc2)CCNCC1)C(F)(F)F. The Bertz CT molecular complexity index is 509. The Kier molecular flexibility index (Phi) is 4.62. The lowest BCUT2D eigenvalue weighted by Gasteiger charge is -2.34. The number of carbonyl (C=O) groups excluding carboxylic acids is 1. The largest absolute Gasteiger partial charge is 0.490 e. The number of halogens is 3. The second-order valence-corrected chi connectivity index (χ2v) is 4.82. The first-order valence-corrected chi connectivity index (χ1v) is 6.51. The summed E-state index contributed by atoms with van der Waals surface area (Å²) in [4.78, 5) is 15.0. The van der Waals surface area contributed by atoms with E-state index >= 15 is 0 Å². The summed E-state index contributed by atoms with van der Waals surface area (Å²) in [5.41, 5.74) is -0.438. The minimum absolute atomic E-state index is 0.302. The first kappa shape index (κ1) is 15.5. The summed E-state index contributed by atoms with van der Waals surface area (Å²) in [6.45, 7) is 0.984. The molecule has 2 rings (SSSR count). The molecule has 1 aromatic heterocycles. The van der Waals surface area contributed by atoms with Crippen molar-refractivity contribution in [1.29, 1.82) is 0 Å². The summed E-state index contributed by atoms with van der Waals surface area (Å²) in [5.74, 6) is -2.15. The molecule has 1 fully saturated rings. The van der Waals surface area contributed by atoms with Crippen molar-refractivity contribution < 1.29 is 22.7 Å². The van der Waals surface area contributed by atoms with Crippen molar-refractivity contribution in [3.8, 4) is 0 Å². The van der Waals surface area contributed by atoms with Gasteiger partial charge in [0, 0.05) is 25.2 Å². The van der Waals surface area contributed by atoms with Crippen LogP contribution in [-0.2, 0) is 9.53 Å². The summed E-state index contributed by atoms with van der Waals surface area (Å²) >= 11 is 0. The van der Waals surface area contributed by atoms with Crippen molar-refractivity contribution in [2.24, 2.45) is 0 Å². The van der Waals surface area contributed by atoms with Gasteiger partial charge in [-0.05, 0) is 36.9 Å². The van der Waals surface area contributed by atoms with Crippen molar-refractivity contribution in [3.05, 3.63) is 36.2 Å². The zero-order valence-corrected chi connectivity index (χ0v) is 11.2. The lowest BCUT2D eigenvalue weighted by Crippen LogP contribution is -2.46. The Hall–Kier alpha value is -1.89. The highest BCUT2D eigenvalue weighted by atomic mass is 19.4. The first-order chi connectivity index (χ1) is 9.91. The van der Waals surface area contributed by atoms with Crippen molar-refractivity contribution in [2.45, 2.75) is 24.6 Å². The highest BCUT2D eigenvalue weighted by molar-refractivity contribution is 5.76. The molecule has 0 aliphatic carbocycles. The molecule has 21 heavy (non-hydrogen) atoms. The van der Waals surface area contributed by atoms with Crippen LogP contribution in [0.1, 0.15) is 18.4 Å². The molecular weight excluding hydrogens is 285 g/mol. The number of rotatable bonds is 3. The topological polar surface area (TPSA) is 51.2 Å². The normalized spacial score (nSPS) is 18.6. The lowest BCUT2D eigenvalue weighted by molar-refractivity contribution is -0.211. The van der Waals surface area contributed by atoms with Gasteiger partial charge in [-0.1, -0.05) is 6.08 Å². The van der Waals surface area contributed by atoms with Crippen LogP contribution in [0.25, 0.3) is 6.08 Å². The van der Waals surface area contributed by atoms with Crippen LogP contribution in [0.5, 0.6) is 0 Å². The molecule has 0 spiro atoms. The van der Waals surface area contributed by atoms with E-state index in [1.165, 1.54) is 6.08 Å². The summed E-state index contributed by atoms with van der Waals surface area (Å²) in [6, 6.07) is 3.44. The van der Waals surface area contributed by atoms with Gasteiger partial charge in [-0.15, -0.1) is 0 Å². The minimum Gasteiger partial charge on any atom is -0.448 e. The Labute approximate surface area is 120 Å². The van der Waals surface area contributed by atoms with Crippen LogP contribution in [0, 0.1) is 0 Å². The van der Waals surface area contributed by atoms with Gasteiger partial charge in [-0.25, -0.2) is 4.79 Å². The fraction of sp³-hybridized carbons (Fsp3) is 0.429. The predicted octanol–water partition coefficient (Wildman–Crippen LogP) is 2.32. The van der Waals surface area contributed by atoms with Crippen LogP contribution in [-0.4, -0.2) is 35.8 Å². The molecule has 0 saturated carbocycles. The molecule has 0 aromatic carbocycles. The molecule has 1 aromatic rings. The van der Waals surface area contributed by atoms with Gasteiger partial charge in [0.05, 0.1) is 0 Å². The number of nitrogens with zero attached hydrogens (tertiary/aromatic N) is 1. The number of esters is 1. The molecule has 4 nitrogen and oxygen atoms in total. The monoisotopic (exact) mass is 300 g/mol. The summed E-state index contributed by atoms with van der Waals surface area (Å²) < 4.78 is 42.0. The average Bonchev–Trinajstić information content (AvgIpc) is 2.46. The second-order valence-electron chi connectivity index (χ2n) is 4.82. The maximum Gasteiger partial charge on any atom is 0.490 e. The van der Waals surface area contributed by atoms with Gasteiger partial charge in [0.25, 0.3) is 0 Å². The minimum atomic E-state index is -4.98. The number of aromatic nitrogens is 1. The van der Waals surface area contributed by atoms with Gasteiger partial charge >= 0.3 is 12.1 Å². The van der Waals surface area contributed by atoms with Gasteiger partial charge < -0.3 is 10.1 Å². The van der Waals surface area contributed by atoms with E-state index in [4.69, 9.17) is 4.74 Å². The van der Waals surface area contributed by atoms with Crippen LogP contribution in [0.4, 0.5) is 13.2 Å². The maximum atomic E-state index is 12.4. The molecule has 0 radical (unpaired) electrons. The molecule has 1 N–H and O–H groups in total. The summed E-state index contributed by atoms with van der Waals surface area (Å²) in [7, 11) is 0. The quantitative estimate of drug-likeness (QED) is 0.871. The summed E-state index contributed by atoms with van der Waals surface area (Å²) in [6.07, 6.45) is 1.96. The molecular formula is C14H15F3N2O2. The highest BCUT2D eigenvalue weighted by Crippen LogP contribution is 2.29. The highest BCUT2D eigenvalue weighted by Gasteiger charge is 2.46. The van der Waals surface area contributed by atoms with E-state index in [1.807, 2.05) is 0 Å². The average molecular weight is 300 g/mol. The van der Waals surface area contributed by atoms with Gasteiger partial charge in [-0.3, -0.25) is 4.98 Å². The zero-order valence-electron chi connectivity index (χ0n) is 11.2. The van der Waals surface area contributed by atoms with Gasteiger partial charge in [0.15, 0.2) is 0 Å². The Morgan fingerprint density at radius 1 is 1.29 bits per heavy atom. The van der Waals surface area contributed by atoms with Crippen LogP contribution in [0.3, 0.4) is 0 Å². The molecule has 2 heterocycles. The number of pyridine rings is 1. The summed E-state index contributed by atoms with van der Waals surface area (Å²) in [5, 5.41) is 3.03. The van der Waals surface area contributed by atoms with E-state index in [-0.39, 0.29) is 0 Å². The number of carbonyl (C=O) groups is 1. The fourth-order valence-corrected chi connectivity index (χ4v) is 2.12. The molecule has 7 heteroatoms. The third-order valence-corrected chi connectivity index (χ3v) is 3.26. The zero-order chi connectivity index (χ0) is 15.3. The smallest absolute Gasteiger partial charge is 0.448 e. The van der Waals surface area contributed by atoms with E-state index in [9.17, 15) is 18.0 Å². The number of hydrogen-bond acceptors (Lipinski definition) is 4.